The van der Waals surface area contributed by atoms with Crippen LogP contribution in [0.15, 0.2) is 36.4 Å². The monoisotopic (exact) mass is 455 g/mol. The van der Waals surface area contributed by atoms with Crippen molar-refractivity contribution in [1.82, 2.24) is 10.3 Å². The molecule has 0 amide bonds. The van der Waals surface area contributed by atoms with Gasteiger partial charge in [0.2, 0.25) is 0 Å². The number of aromatic nitrogens is 1. The summed E-state index contributed by atoms with van der Waals surface area (Å²) in [5, 5.41) is 31.8. The summed E-state index contributed by atoms with van der Waals surface area (Å²) in [6.45, 7) is 4.54. The number of aliphatic hydroxyl groups is 1. The van der Waals surface area contributed by atoms with Gasteiger partial charge in [0.15, 0.2) is 11.4 Å². The lowest BCUT2D eigenvalue weighted by Gasteiger charge is -2.28. The van der Waals surface area contributed by atoms with Gasteiger partial charge in [-0.15, -0.1) is 0 Å². The van der Waals surface area contributed by atoms with Gasteiger partial charge in [-0.05, 0) is 56.9 Å². The molecule has 1 aromatic heterocycles. The van der Waals surface area contributed by atoms with Crippen LogP contribution in [0.5, 0.6) is 11.5 Å². The lowest BCUT2D eigenvalue weighted by Crippen LogP contribution is -2.44. The molecule has 178 valence electrons. The summed E-state index contributed by atoms with van der Waals surface area (Å²) < 4.78 is 11.0. The number of hydrogen-bond acceptors (Lipinski definition) is 7. The standard InChI is InChI=1S/C25H33N3O5/c1-25(2,14-6-8-18-7-4-5-9-22(18)32-3)27-16-20(29)17-33-23-12-10-19(11-13-24(30)31)28-21(23)15-26/h4-5,7,9-10,12,20,27,29H,6,8,11,13-14,16-17H2,1-3H3,(H,30,31). The molecule has 1 aromatic carbocycles. The zero-order valence-electron chi connectivity index (χ0n) is 19.5. The van der Waals surface area contributed by atoms with Crippen molar-refractivity contribution >= 4 is 5.97 Å². The fraction of sp³-hybridized carbons (Fsp3) is 0.480. The number of methoxy groups -OCH3 is 1. The fourth-order valence-electron chi connectivity index (χ4n) is 3.42. The van der Waals surface area contributed by atoms with Gasteiger partial charge in [-0.3, -0.25) is 4.79 Å². The second-order valence-corrected chi connectivity index (χ2v) is 8.55. The molecule has 0 bridgehead atoms. The molecule has 0 spiro atoms. The minimum Gasteiger partial charge on any atom is -0.496 e. The molecule has 1 unspecified atom stereocenters. The van der Waals surface area contributed by atoms with Crippen LogP contribution in [0.4, 0.5) is 0 Å². The molecule has 2 aromatic rings. The minimum atomic E-state index is -0.922. The summed E-state index contributed by atoms with van der Waals surface area (Å²) in [6.07, 6.45) is 2.21. The highest BCUT2D eigenvalue weighted by molar-refractivity contribution is 5.67. The van der Waals surface area contributed by atoms with Crippen molar-refractivity contribution in [1.29, 1.82) is 5.26 Å². The summed E-state index contributed by atoms with van der Waals surface area (Å²) in [6, 6.07) is 13.2. The molecular weight excluding hydrogens is 422 g/mol. The van der Waals surface area contributed by atoms with Gasteiger partial charge in [-0.2, -0.15) is 5.26 Å². The number of aliphatic hydroxyl groups excluding tert-OH is 1. The minimum absolute atomic E-state index is 0.00905. The Balaban J connectivity index is 1.78. The van der Waals surface area contributed by atoms with Gasteiger partial charge < -0.3 is 25.0 Å². The van der Waals surface area contributed by atoms with Crippen LogP contribution in [0.3, 0.4) is 0 Å². The molecule has 0 fully saturated rings. The number of nitriles is 1. The first-order chi connectivity index (χ1) is 15.7. The summed E-state index contributed by atoms with van der Waals surface area (Å²) in [4.78, 5) is 14.8. The lowest BCUT2D eigenvalue weighted by atomic mass is 9.95. The maximum atomic E-state index is 10.7. The second kappa shape index (κ2) is 12.8. The molecule has 8 heteroatoms. The third-order valence-corrected chi connectivity index (χ3v) is 5.30. The SMILES string of the molecule is COc1ccccc1CCCC(C)(C)NCC(O)COc1ccc(CCC(=O)O)nc1C#N. The van der Waals surface area contributed by atoms with Gasteiger partial charge in [0.1, 0.15) is 24.5 Å². The van der Waals surface area contributed by atoms with Crippen LogP contribution < -0.4 is 14.8 Å². The summed E-state index contributed by atoms with van der Waals surface area (Å²) in [5.74, 6) is 0.248. The Labute approximate surface area is 195 Å². The molecule has 3 N–H and O–H groups in total. The molecule has 0 aliphatic rings. The van der Waals surface area contributed by atoms with Crippen LogP contribution in [-0.4, -0.2) is 53.1 Å². The number of aliphatic carboxylic acids is 1. The third kappa shape index (κ3) is 9.08. The van der Waals surface area contributed by atoms with E-state index in [0.29, 0.717) is 12.2 Å². The van der Waals surface area contributed by atoms with Crippen molar-refractivity contribution in [2.45, 2.75) is 57.6 Å². The van der Waals surface area contributed by atoms with Gasteiger partial charge in [0.25, 0.3) is 0 Å². The van der Waals surface area contributed by atoms with E-state index in [2.05, 4.69) is 30.2 Å². The molecule has 0 saturated heterocycles. The average molecular weight is 456 g/mol. The van der Waals surface area contributed by atoms with Crippen LogP contribution >= 0.6 is 0 Å². The summed E-state index contributed by atoms with van der Waals surface area (Å²) >= 11 is 0. The Bertz CT molecular complexity index is 955. The van der Waals surface area contributed by atoms with E-state index >= 15 is 0 Å². The number of ether oxygens (including phenoxy) is 2. The summed E-state index contributed by atoms with van der Waals surface area (Å²) in [5.41, 5.74) is 1.60. The number of nitrogens with zero attached hydrogens (tertiary/aromatic N) is 2. The molecule has 0 saturated carbocycles. The number of hydrogen-bond donors (Lipinski definition) is 3. The number of nitrogens with one attached hydrogen (secondary N) is 1. The molecule has 8 nitrogen and oxygen atoms in total. The smallest absolute Gasteiger partial charge is 0.303 e. The Kier molecular flexibility index (Phi) is 10.1. The Morgan fingerprint density at radius 1 is 1.21 bits per heavy atom. The number of carboxylic acids is 1. The molecule has 1 atom stereocenters. The number of benzene rings is 1. The van der Waals surface area contributed by atoms with Crippen LogP contribution in [0.2, 0.25) is 0 Å². The molecule has 1 heterocycles. The van der Waals surface area contributed by atoms with E-state index in [1.165, 1.54) is 5.56 Å². The average Bonchev–Trinajstić information content (AvgIpc) is 2.80. The molecule has 33 heavy (non-hydrogen) atoms. The van der Waals surface area contributed by atoms with Crippen LogP contribution in [0.1, 0.15) is 50.1 Å². The van der Waals surface area contributed by atoms with E-state index < -0.39 is 12.1 Å². The quantitative estimate of drug-likeness (QED) is 0.397. The van der Waals surface area contributed by atoms with Crippen molar-refractivity contribution in [2.75, 3.05) is 20.3 Å². The van der Waals surface area contributed by atoms with E-state index in [9.17, 15) is 15.2 Å². The number of aryl methyl sites for hydroxylation is 2. The van der Waals surface area contributed by atoms with Crippen molar-refractivity contribution in [2.24, 2.45) is 0 Å². The number of carbonyl (C=O) groups is 1. The highest BCUT2D eigenvalue weighted by Crippen LogP contribution is 2.22. The van der Waals surface area contributed by atoms with Crippen LogP contribution in [0, 0.1) is 11.3 Å². The van der Waals surface area contributed by atoms with E-state index in [4.69, 9.17) is 14.6 Å². The molecule has 2 rings (SSSR count). The van der Waals surface area contributed by atoms with E-state index in [1.807, 2.05) is 24.3 Å². The summed E-state index contributed by atoms with van der Waals surface area (Å²) in [7, 11) is 1.68. The number of pyridine rings is 1. The van der Waals surface area contributed by atoms with Crippen molar-refractivity contribution in [3.63, 3.8) is 0 Å². The number of carboxylic acid groups (broad SMARTS) is 1. The number of para-hydroxylation sites is 1. The first-order valence-corrected chi connectivity index (χ1v) is 11.0. The topological polar surface area (TPSA) is 125 Å². The second-order valence-electron chi connectivity index (χ2n) is 8.55. The molecule has 0 aliphatic heterocycles. The van der Waals surface area contributed by atoms with E-state index in [0.717, 1.165) is 25.0 Å². The predicted octanol–water partition coefficient (Wildman–Crippen LogP) is 3.11. The van der Waals surface area contributed by atoms with Gasteiger partial charge in [-0.1, -0.05) is 18.2 Å². The highest BCUT2D eigenvalue weighted by atomic mass is 16.5. The fourth-order valence-corrected chi connectivity index (χ4v) is 3.42. The van der Waals surface area contributed by atoms with Crippen LogP contribution in [0.25, 0.3) is 0 Å². The van der Waals surface area contributed by atoms with Gasteiger partial charge in [-0.25, -0.2) is 4.98 Å². The zero-order chi connectivity index (χ0) is 24.3. The van der Waals surface area contributed by atoms with Gasteiger partial charge >= 0.3 is 5.97 Å². The van der Waals surface area contributed by atoms with Crippen LogP contribution in [-0.2, 0) is 17.6 Å². The maximum Gasteiger partial charge on any atom is 0.303 e. The van der Waals surface area contributed by atoms with Crippen molar-refractivity contribution in [3.05, 3.63) is 53.3 Å². The predicted molar refractivity (Wildman–Crippen MR) is 124 cm³/mol. The highest BCUT2D eigenvalue weighted by Gasteiger charge is 2.19. The molecular formula is C25H33N3O5. The Morgan fingerprint density at radius 2 is 1.97 bits per heavy atom. The molecule has 0 radical (unpaired) electrons. The van der Waals surface area contributed by atoms with Crippen molar-refractivity contribution < 1.29 is 24.5 Å². The number of rotatable bonds is 14. The Hall–Kier alpha value is -3.15. The first-order valence-electron chi connectivity index (χ1n) is 11.0. The first kappa shape index (κ1) is 26.1. The maximum absolute atomic E-state index is 10.7. The van der Waals surface area contributed by atoms with E-state index in [-0.39, 0.29) is 36.4 Å². The van der Waals surface area contributed by atoms with E-state index in [1.54, 1.807) is 19.2 Å². The largest absolute Gasteiger partial charge is 0.496 e. The molecule has 0 aliphatic carbocycles. The number of β-amino-alcohol motifs (C(OH)–C–C–N with tert-alkyl or cyclic N) is 1. The lowest BCUT2D eigenvalue weighted by molar-refractivity contribution is -0.136. The third-order valence-electron chi connectivity index (χ3n) is 5.30. The van der Waals surface area contributed by atoms with Gasteiger partial charge in [0.05, 0.1) is 13.5 Å². The zero-order valence-corrected chi connectivity index (χ0v) is 19.5. The van der Waals surface area contributed by atoms with Crippen molar-refractivity contribution in [3.8, 4) is 17.6 Å². The normalized spacial score (nSPS) is 12.1. The van der Waals surface area contributed by atoms with Gasteiger partial charge in [0, 0.05) is 24.2 Å². The Morgan fingerprint density at radius 3 is 2.67 bits per heavy atom.